The molecule has 1 aromatic carbocycles. The van der Waals surface area contributed by atoms with Crippen LogP contribution < -0.4 is 5.73 Å². The van der Waals surface area contributed by atoms with E-state index >= 15 is 0 Å². The molecule has 1 unspecified atom stereocenters. The third-order valence-corrected chi connectivity index (χ3v) is 2.23. The fourth-order valence-corrected chi connectivity index (χ4v) is 1.36. The molecule has 5 N–H and O–H groups in total. The Morgan fingerprint density at radius 1 is 1.50 bits per heavy atom. The van der Waals surface area contributed by atoms with Crippen LogP contribution in [0.3, 0.4) is 0 Å². The minimum Gasteiger partial charge on any atom is -0.504 e. The number of hydrogen-bond acceptors (Lipinski definition) is 4. The van der Waals surface area contributed by atoms with Crippen molar-refractivity contribution < 1.29 is 24.5 Å². The Kier molecular flexibility index (Phi) is 3.34. The van der Waals surface area contributed by atoms with Gasteiger partial charge in [0.25, 0.3) is 0 Å². The minimum atomic E-state index is -1.17. The lowest BCUT2D eigenvalue weighted by molar-refractivity contribution is -0.137. The molecule has 0 aliphatic rings. The van der Waals surface area contributed by atoms with Gasteiger partial charge >= 0.3 is 5.97 Å². The molecule has 0 amide bonds. The van der Waals surface area contributed by atoms with E-state index in [-0.39, 0.29) is 11.1 Å². The number of carbonyl (C=O) groups is 1. The van der Waals surface area contributed by atoms with Gasteiger partial charge in [0.1, 0.15) is 0 Å². The zero-order chi connectivity index (χ0) is 12.5. The van der Waals surface area contributed by atoms with E-state index in [0.717, 1.165) is 0 Å². The maximum Gasteiger partial charge on any atom is 0.305 e. The van der Waals surface area contributed by atoms with Gasteiger partial charge in [-0.1, -0.05) is 0 Å². The molecule has 88 valence electrons. The monoisotopic (exact) mass is 229 g/mol. The van der Waals surface area contributed by atoms with Crippen LogP contribution >= 0.6 is 0 Å². The van der Waals surface area contributed by atoms with E-state index in [2.05, 4.69) is 0 Å². The molecule has 0 aromatic heterocycles. The number of halogens is 1. The van der Waals surface area contributed by atoms with Crippen LogP contribution in [0.15, 0.2) is 6.07 Å². The highest BCUT2D eigenvalue weighted by atomic mass is 19.1. The van der Waals surface area contributed by atoms with Crippen molar-refractivity contribution in [2.45, 2.75) is 19.4 Å². The Bertz CT molecular complexity index is 433. The zero-order valence-electron chi connectivity index (χ0n) is 8.57. The molecule has 1 atom stereocenters. The summed E-state index contributed by atoms with van der Waals surface area (Å²) in [5.74, 6) is -3.73. The lowest BCUT2D eigenvalue weighted by atomic mass is 10.0. The maximum atomic E-state index is 13.5. The van der Waals surface area contributed by atoms with Crippen molar-refractivity contribution in [1.29, 1.82) is 0 Å². The summed E-state index contributed by atoms with van der Waals surface area (Å²) in [7, 11) is 0. The SMILES string of the molecule is Cc1cc(C(N)CC(=O)O)c(F)c(O)c1O. The van der Waals surface area contributed by atoms with Crippen LogP contribution in [0.25, 0.3) is 0 Å². The molecule has 1 aromatic rings. The van der Waals surface area contributed by atoms with Gasteiger partial charge in [-0.2, -0.15) is 0 Å². The Hall–Kier alpha value is -1.82. The maximum absolute atomic E-state index is 13.5. The number of benzene rings is 1. The summed E-state index contributed by atoms with van der Waals surface area (Å²) < 4.78 is 13.5. The fraction of sp³-hybridized carbons (Fsp3) is 0.300. The van der Waals surface area contributed by atoms with E-state index in [1.807, 2.05) is 0 Å². The van der Waals surface area contributed by atoms with E-state index in [4.69, 9.17) is 10.8 Å². The van der Waals surface area contributed by atoms with E-state index < -0.39 is 35.7 Å². The summed E-state index contributed by atoms with van der Waals surface area (Å²) in [5.41, 5.74) is 5.57. The van der Waals surface area contributed by atoms with E-state index in [0.29, 0.717) is 0 Å². The predicted molar refractivity (Wildman–Crippen MR) is 53.6 cm³/mol. The highest BCUT2D eigenvalue weighted by molar-refractivity contribution is 5.68. The Morgan fingerprint density at radius 2 is 2.06 bits per heavy atom. The van der Waals surface area contributed by atoms with Crippen molar-refractivity contribution in [2.75, 3.05) is 0 Å². The number of carboxylic acids is 1. The van der Waals surface area contributed by atoms with Crippen LogP contribution in [-0.2, 0) is 4.79 Å². The summed E-state index contributed by atoms with van der Waals surface area (Å²) in [6.45, 7) is 1.45. The van der Waals surface area contributed by atoms with Crippen LogP contribution in [0.1, 0.15) is 23.6 Å². The summed E-state index contributed by atoms with van der Waals surface area (Å²) in [4.78, 5) is 10.4. The van der Waals surface area contributed by atoms with E-state index in [1.165, 1.54) is 13.0 Å². The molecule has 0 aliphatic carbocycles. The molecular weight excluding hydrogens is 217 g/mol. The largest absolute Gasteiger partial charge is 0.504 e. The average Bonchev–Trinajstić information content (AvgIpc) is 2.19. The number of phenolic OH excluding ortho intramolecular Hbond substituents is 2. The lowest BCUT2D eigenvalue weighted by Gasteiger charge is -2.13. The Labute approximate surface area is 90.9 Å². The van der Waals surface area contributed by atoms with Gasteiger partial charge in [0.15, 0.2) is 17.3 Å². The minimum absolute atomic E-state index is 0.129. The number of aromatic hydroxyl groups is 2. The topological polar surface area (TPSA) is 104 Å². The van der Waals surface area contributed by atoms with Gasteiger partial charge in [0.2, 0.25) is 0 Å². The normalized spacial score (nSPS) is 12.4. The van der Waals surface area contributed by atoms with Crippen LogP contribution in [0.2, 0.25) is 0 Å². The average molecular weight is 229 g/mol. The molecule has 0 saturated heterocycles. The molecule has 6 heteroatoms. The van der Waals surface area contributed by atoms with Crippen LogP contribution in [0, 0.1) is 12.7 Å². The van der Waals surface area contributed by atoms with Crippen molar-refractivity contribution in [3.05, 3.63) is 23.0 Å². The molecule has 0 fully saturated rings. The molecule has 16 heavy (non-hydrogen) atoms. The van der Waals surface area contributed by atoms with Gasteiger partial charge in [-0.15, -0.1) is 0 Å². The standard InChI is InChI=1S/C10H12FNO4/c1-4-2-5(6(12)3-7(13)14)8(11)10(16)9(4)15/h2,6,15-16H,3,12H2,1H3,(H,13,14). The second-order valence-electron chi connectivity index (χ2n) is 3.50. The third-order valence-electron chi connectivity index (χ3n) is 2.23. The van der Waals surface area contributed by atoms with Gasteiger partial charge in [-0.3, -0.25) is 4.79 Å². The predicted octanol–water partition coefficient (Wildman–Crippen LogP) is 1.02. The van der Waals surface area contributed by atoms with Crippen molar-refractivity contribution in [3.63, 3.8) is 0 Å². The van der Waals surface area contributed by atoms with E-state index in [9.17, 15) is 19.4 Å². The van der Waals surface area contributed by atoms with Gasteiger partial charge in [0.05, 0.1) is 6.42 Å². The number of aryl methyl sites for hydroxylation is 1. The Morgan fingerprint density at radius 3 is 2.56 bits per heavy atom. The second kappa shape index (κ2) is 4.36. The first kappa shape index (κ1) is 12.3. The summed E-state index contributed by atoms with van der Waals surface area (Å²) in [6, 6.07) is 0.153. The molecule has 0 bridgehead atoms. The highest BCUT2D eigenvalue weighted by Crippen LogP contribution is 2.35. The second-order valence-corrected chi connectivity index (χ2v) is 3.50. The first-order valence-corrected chi connectivity index (χ1v) is 4.53. The molecule has 0 saturated carbocycles. The molecular formula is C10H12FNO4. The molecule has 1 rings (SSSR count). The van der Waals surface area contributed by atoms with Crippen LogP contribution in [-0.4, -0.2) is 21.3 Å². The fourth-order valence-electron chi connectivity index (χ4n) is 1.36. The highest BCUT2D eigenvalue weighted by Gasteiger charge is 2.21. The molecule has 5 nitrogen and oxygen atoms in total. The Balaban J connectivity index is 3.19. The number of aliphatic carboxylic acids is 1. The number of hydrogen-bond donors (Lipinski definition) is 4. The van der Waals surface area contributed by atoms with Crippen molar-refractivity contribution in [1.82, 2.24) is 0 Å². The quantitative estimate of drug-likeness (QED) is 0.579. The van der Waals surface area contributed by atoms with Gasteiger partial charge < -0.3 is 21.1 Å². The molecule has 0 aliphatic heterocycles. The van der Waals surface area contributed by atoms with Crippen LogP contribution in [0.4, 0.5) is 4.39 Å². The summed E-state index contributed by atoms with van der Waals surface area (Å²) in [5, 5.41) is 27.0. The third kappa shape index (κ3) is 2.22. The summed E-state index contributed by atoms with van der Waals surface area (Å²) >= 11 is 0. The van der Waals surface area contributed by atoms with E-state index in [1.54, 1.807) is 0 Å². The first-order valence-electron chi connectivity index (χ1n) is 4.53. The van der Waals surface area contributed by atoms with Crippen molar-refractivity contribution in [3.8, 4) is 11.5 Å². The molecule has 0 radical (unpaired) electrons. The zero-order valence-corrected chi connectivity index (χ0v) is 8.57. The van der Waals surface area contributed by atoms with Gasteiger partial charge in [0, 0.05) is 11.6 Å². The lowest BCUT2D eigenvalue weighted by Crippen LogP contribution is -2.16. The first-order chi connectivity index (χ1) is 7.34. The number of nitrogens with two attached hydrogens (primary N) is 1. The molecule has 0 spiro atoms. The number of rotatable bonds is 3. The van der Waals surface area contributed by atoms with Crippen LogP contribution in [0.5, 0.6) is 11.5 Å². The summed E-state index contributed by atoms with van der Waals surface area (Å²) in [6.07, 6.45) is -0.458. The molecule has 0 heterocycles. The number of carboxylic acid groups (broad SMARTS) is 1. The van der Waals surface area contributed by atoms with Gasteiger partial charge in [-0.05, 0) is 18.6 Å². The van der Waals surface area contributed by atoms with Gasteiger partial charge in [-0.25, -0.2) is 4.39 Å². The smallest absolute Gasteiger partial charge is 0.305 e. The number of phenols is 2. The van der Waals surface area contributed by atoms with Crippen molar-refractivity contribution >= 4 is 5.97 Å². The van der Waals surface area contributed by atoms with Crippen molar-refractivity contribution in [2.24, 2.45) is 5.73 Å².